The molecule has 0 saturated heterocycles. The molecule has 0 heterocycles. The third kappa shape index (κ3) is 7.75. The van der Waals surface area contributed by atoms with E-state index in [0.717, 1.165) is 4.90 Å². The van der Waals surface area contributed by atoms with E-state index in [1.807, 2.05) is 0 Å². The number of carbonyl (C=O) groups excluding carboxylic acids is 2. The van der Waals surface area contributed by atoms with E-state index < -0.39 is 36.4 Å². The normalized spacial score (nSPS) is 11.3. The molecule has 0 radical (unpaired) electrons. The monoisotopic (exact) mass is 304 g/mol. The molecule has 0 spiro atoms. The van der Waals surface area contributed by atoms with Crippen molar-refractivity contribution in [1.29, 1.82) is 0 Å². The first-order chi connectivity index (χ1) is 9.81. The van der Waals surface area contributed by atoms with Crippen LogP contribution in [0.4, 0.5) is 4.79 Å². The molecule has 120 valence electrons. The van der Waals surface area contributed by atoms with Gasteiger partial charge in [-0.3, -0.25) is 9.59 Å². The van der Waals surface area contributed by atoms with Crippen molar-refractivity contribution >= 4 is 23.9 Å². The van der Waals surface area contributed by atoms with E-state index in [2.05, 4.69) is 5.32 Å². The Kier molecular flexibility index (Phi) is 8.51. The Morgan fingerprint density at radius 1 is 1.19 bits per heavy atom. The van der Waals surface area contributed by atoms with Crippen molar-refractivity contribution in [3.8, 4) is 0 Å². The summed E-state index contributed by atoms with van der Waals surface area (Å²) in [5.41, 5.74) is 0. The van der Waals surface area contributed by atoms with Gasteiger partial charge in [0.1, 0.15) is 12.6 Å². The van der Waals surface area contributed by atoms with E-state index in [-0.39, 0.29) is 19.7 Å². The number of amides is 2. The second-order valence-corrected chi connectivity index (χ2v) is 4.16. The zero-order valence-electron chi connectivity index (χ0n) is 12.0. The number of carboxylic acid groups (broad SMARTS) is 2. The van der Waals surface area contributed by atoms with E-state index in [1.54, 1.807) is 13.8 Å². The van der Waals surface area contributed by atoms with Crippen molar-refractivity contribution in [3.05, 3.63) is 0 Å². The number of aliphatic carboxylic acids is 2. The van der Waals surface area contributed by atoms with E-state index in [0.29, 0.717) is 6.42 Å². The Labute approximate surface area is 121 Å². The quantitative estimate of drug-likeness (QED) is 0.506. The van der Waals surface area contributed by atoms with E-state index in [1.165, 1.54) is 0 Å². The molecule has 0 rings (SSSR count). The van der Waals surface area contributed by atoms with Gasteiger partial charge in [0.05, 0.1) is 13.0 Å². The fraction of sp³-hybridized carbons (Fsp3) is 0.667. The Bertz CT molecular complexity index is 397. The van der Waals surface area contributed by atoms with Crippen LogP contribution >= 0.6 is 0 Å². The average molecular weight is 304 g/mol. The third-order valence-electron chi connectivity index (χ3n) is 2.38. The van der Waals surface area contributed by atoms with Crippen molar-refractivity contribution in [2.45, 2.75) is 32.7 Å². The fourth-order valence-corrected chi connectivity index (χ4v) is 1.50. The molecule has 0 fully saturated rings. The highest BCUT2D eigenvalue weighted by molar-refractivity contribution is 5.87. The molecular formula is C12H20N2O7. The summed E-state index contributed by atoms with van der Waals surface area (Å²) in [4.78, 5) is 45.8. The molecule has 0 bridgehead atoms. The van der Waals surface area contributed by atoms with Crippen LogP contribution in [-0.2, 0) is 19.1 Å². The van der Waals surface area contributed by atoms with E-state index in [9.17, 15) is 19.2 Å². The first kappa shape index (κ1) is 18.7. The molecule has 9 heteroatoms. The van der Waals surface area contributed by atoms with Crippen molar-refractivity contribution in [2.75, 3.05) is 19.7 Å². The van der Waals surface area contributed by atoms with Crippen LogP contribution in [0.1, 0.15) is 26.7 Å². The maximum absolute atomic E-state index is 11.9. The lowest BCUT2D eigenvalue weighted by Crippen LogP contribution is -2.50. The summed E-state index contributed by atoms with van der Waals surface area (Å²) in [7, 11) is 0. The maximum atomic E-state index is 11.9. The number of esters is 1. The average Bonchev–Trinajstić information content (AvgIpc) is 2.36. The molecule has 2 amide bonds. The lowest BCUT2D eigenvalue weighted by Gasteiger charge is -2.23. The van der Waals surface area contributed by atoms with Crippen LogP contribution < -0.4 is 5.32 Å². The summed E-state index contributed by atoms with van der Waals surface area (Å²) in [6, 6.07) is -2.38. The summed E-state index contributed by atoms with van der Waals surface area (Å²) in [5, 5.41) is 19.5. The molecule has 1 atom stereocenters. The van der Waals surface area contributed by atoms with Crippen LogP contribution in [0.15, 0.2) is 0 Å². The van der Waals surface area contributed by atoms with Crippen LogP contribution in [-0.4, -0.2) is 64.8 Å². The minimum absolute atomic E-state index is 0.164. The number of hydrogen-bond donors (Lipinski definition) is 3. The summed E-state index contributed by atoms with van der Waals surface area (Å²) in [5.74, 6) is -3.43. The van der Waals surface area contributed by atoms with Gasteiger partial charge in [0, 0.05) is 6.54 Å². The van der Waals surface area contributed by atoms with Gasteiger partial charge in [0.2, 0.25) is 0 Å². The number of carboxylic acids is 2. The molecule has 0 saturated carbocycles. The van der Waals surface area contributed by atoms with Gasteiger partial charge in [-0.25, -0.2) is 9.59 Å². The van der Waals surface area contributed by atoms with Crippen LogP contribution in [0.2, 0.25) is 0 Å². The molecule has 0 aromatic rings. The standard InChI is InChI=1S/C12H20N2O7/c1-3-5-14(7-10(17)21-4-2)12(20)13-8(11(18)19)6-9(15)16/h8H,3-7H2,1-2H3,(H,13,20)(H,15,16)(H,18,19)/t8-/m0/s1. The second kappa shape index (κ2) is 9.56. The Morgan fingerprint density at radius 3 is 2.24 bits per heavy atom. The number of hydrogen-bond acceptors (Lipinski definition) is 5. The molecule has 3 N–H and O–H groups in total. The highest BCUT2D eigenvalue weighted by Gasteiger charge is 2.26. The topological polar surface area (TPSA) is 133 Å². The molecule has 0 aliphatic carbocycles. The molecule has 21 heavy (non-hydrogen) atoms. The number of rotatable bonds is 9. The second-order valence-electron chi connectivity index (χ2n) is 4.16. The summed E-state index contributed by atoms with van der Waals surface area (Å²) in [6.45, 7) is 3.45. The highest BCUT2D eigenvalue weighted by Crippen LogP contribution is 1.99. The third-order valence-corrected chi connectivity index (χ3v) is 2.38. The molecule has 0 aliphatic rings. The van der Waals surface area contributed by atoms with Gasteiger partial charge >= 0.3 is 23.9 Å². The smallest absolute Gasteiger partial charge is 0.326 e. The summed E-state index contributed by atoms with van der Waals surface area (Å²) < 4.78 is 4.71. The minimum atomic E-state index is -1.56. The predicted octanol–water partition coefficient (Wildman–Crippen LogP) is -0.101. The van der Waals surface area contributed by atoms with Crippen LogP contribution in [0.3, 0.4) is 0 Å². The largest absolute Gasteiger partial charge is 0.481 e. The molecule has 0 aromatic heterocycles. The molecule has 0 aliphatic heterocycles. The van der Waals surface area contributed by atoms with Gasteiger partial charge in [-0.05, 0) is 13.3 Å². The Balaban J connectivity index is 4.74. The van der Waals surface area contributed by atoms with Gasteiger partial charge in [0.25, 0.3) is 0 Å². The number of carbonyl (C=O) groups is 4. The first-order valence-electron chi connectivity index (χ1n) is 6.47. The lowest BCUT2D eigenvalue weighted by atomic mass is 10.2. The number of ether oxygens (including phenoxy) is 1. The number of urea groups is 1. The maximum Gasteiger partial charge on any atom is 0.326 e. The lowest BCUT2D eigenvalue weighted by molar-refractivity contribution is -0.145. The van der Waals surface area contributed by atoms with Crippen LogP contribution in [0, 0.1) is 0 Å². The van der Waals surface area contributed by atoms with Crippen LogP contribution in [0.25, 0.3) is 0 Å². The number of nitrogens with one attached hydrogen (secondary N) is 1. The predicted molar refractivity (Wildman–Crippen MR) is 70.7 cm³/mol. The first-order valence-corrected chi connectivity index (χ1v) is 6.47. The van der Waals surface area contributed by atoms with Gasteiger partial charge < -0.3 is 25.2 Å². The van der Waals surface area contributed by atoms with Crippen molar-refractivity contribution in [2.24, 2.45) is 0 Å². The van der Waals surface area contributed by atoms with Crippen molar-refractivity contribution in [3.63, 3.8) is 0 Å². The van der Waals surface area contributed by atoms with Gasteiger partial charge in [0.15, 0.2) is 0 Å². The molecule has 0 unspecified atom stereocenters. The SMILES string of the molecule is CCCN(CC(=O)OCC)C(=O)N[C@@H](CC(=O)O)C(=O)O. The molecule has 0 aromatic carbocycles. The van der Waals surface area contributed by atoms with Gasteiger partial charge in [-0.2, -0.15) is 0 Å². The van der Waals surface area contributed by atoms with E-state index >= 15 is 0 Å². The van der Waals surface area contributed by atoms with Crippen LogP contribution in [0.5, 0.6) is 0 Å². The molecule has 9 nitrogen and oxygen atoms in total. The van der Waals surface area contributed by atoms with Crippen molar-refractivity contribution in [1.82, 2.24) is 10.2 Å². The van der Waals surface area contributed by atoms with Crippen molar-refractivity contribution < 1.29 is 34.1 Å². The molecular weight excluding hydrogens is 284 g/mol. The highest BCUT2D eigenvalue weighted by atomic mass is 16.5. The zero-order valence-corrected chi connectivity index (χ0v) is 12.0. The Hall–Kier alpha value is -2.32. The minimum Gasteiger partial charge on any atom is -0.481 e. The summed E-state index contributed by atoms with van der Waals surface area (Å²) in [6.07, 6.45) is -0.204. The zero-order chi connectivity index (χ0) is 16.4. The van der Waals surface area contributed by atoms with E-state index in [4.69, 9.17) is 14.9 Å². The Morgan fingerprint density at radius 2 is 1.81 bits per heavy atom. The number of nitrogens with zero attached hydrogens (tertiary/aromatic N) is 1. The van der Waals surface area contributed by atoms with Gasteiger partial charge in [-0.15, -0.1) is 0 Å². The fourth-order valence-electron chi connectivity index (χ4n) is 1.50. The summed E-state index contributed by atoms with van der Waals surface area (Å²) >= 11 is 0. The van der Waals surface area contributed by atoms with Gasteiger partial charge in [-0.1, -0.05) is 6.92 Å².